The molecule has 3 heterocycles. The Morgan fingerprint density at radius 3 is 2.79 bits per heavy atom. The number of hydrogen-bond donors (Lipinski definition) is 1. The van der Waals surface area contributed by atoms with Crippen molar-refractivity contribution in [1.29, 1.82) is 0 Å². The van der Waals surface area contributed by atoms with Crippen molar-refractivity contribution in [2.75, 3.05) is 19.8 Å². The lowest BCUT2D eigenvalue weighted by atomic mass is 9.89. The number of hydrogen-bond acceptors (Lipinski definition) is 4. The normalized spacial score (nSPS) is 25.0. The van der Waals surface area contributed by atoms with Crippen LogP contribution in [0, 0.1) is 0 Å². The number of ether oxygens (including phenoxy) is 1. The highest BCUT2D eigenvalue weighted by Gasteiger charge is 2.39. The van der Waals surface area contributed by atoms with Gasteiger partial charge in [0.15, 0.2) is 5.69 Å². The Labute approximate surface area is 166 Å². The van der Waals surface area contributed by atoms with Crippen molar-refractivity contribution in [3.8, 4) is 0 Å². The van der Waals surface area contributed by atoms with Gasteiger partial charge in [0.1, 0.15) is 0 Å². The lowest BCUT2D eigenvalue weighted by Crippen LogP contribution is -2.60. The van der Waals surface area contributed by atoms with Crippen LogP contribution < -0.4 is 5.32 Å². The molecule has 0 unspecified atom stereocenters. The number of carbonyl (C=O) groups is 1. The second-order valence-electron chi connectivity index (χ2n) is 7.91. The lowest BCUT2D eigenvalue weighted by molar-refractivity contribution is -0.0802. The molecular weight excluding hydrogens is 352 g/mol. The van der Waals surface area contributed by atoms with Gasteiger partial charge in [0, 0.05) is 23.5 Å². The molecule has 1 amide bonds. The smallest absolute Gasteiger partial charge is 0.272 e. The third-order valence-electron chi connectivity index (χ3n) is 5.95. The minimum absolute atomic E-state index is 0.0787. The van der Waals surface area contributed by atoms with Crippen LogP contribution in [0.4, 0.5) is 0 Å². The molecule has 0 spiro atoms. The molecule has 2 aromatic rings. The van der Waals surface area contributed by atoms with Gasteiger partial charge in [-0.05, 0) is 31.9 Å². The van der Waals surface area contributed by atoms with Crippen LogP contribution in [-0.4, -0.2) is 58.5 Å². The molecule has 3 atom stereocenters. The number of amides is 1. The van der Waals surface area contributed by atoms with Gasteiger partial charge in [0.2, 0.25) is 0 Å². The van der Waals surface area contributed by atoms with Crippen LogP contribution in [0.2, 0.25) is 0 Å². The minimum Gasteiger partial charge on any atom is -0.378 e. The zero-order valence-electron chi connectivity index (χ0n) is 16.6. The molecule has 4 rings (SSSR count). The van der Waals surface area contributed by atoms with Gasteiger partial charge in [-0.1, -0.05) is 37.6 Å². The summed E-state index contributed by atoms with van der Waals surface area (Å²) >= 11 is 0. The van der Waals surface area contributed by atoms with Gasteiger partial charge < -0.3 is 10.1 Å². The van der Waals surface area contributed by atoms with Crippen molar-refractivity contribution in [2.24, 2.45) is 0 Å². The van der Waals surface area contributed by atoms with Crippen LogP contribution in [0.25, 0.3) is 10.9 Å². The van der Waals surface area contributed by atoms with Crippen molar-refractivity contribution in [3.05, 3.63) is 42.6 Å². The zero-order valence-corrected chi connectivity index (χ0v) is 16.6. The van der Waals surface area contributed by atoms with Crippen molar-refractivity contribution >= 4 is 16.8 Å². The number of allylic oxidation sites excluding steroid dienone is 1. The van der Waals surface area contributed by atoms with Crippen LogP contribution in [0.5, 0.6) is 0 Å². The fourth-order valence-electron chi connectivity index (χ4n) is 4.62. The van der Waals surface area contributed by atoms with E-state index in [2.05, 4.69) is 28.8 Å². The predicted octanol–water partition coefficient (Wildman–Crippen LogP) is 2.98. The summed E-state index contributed by atoms with van der Waals surface area (Å²) in [5.41, 5.74) is 1.47. The van der Waals surface area contributed by atoms with Gasteiger partial charge >= 0.3 is 0 Å². The zero-order chi connectivity index (χ0) is 19.5. The van der Waals surface area contributed by atoms with E-state index in [1.54, 1.807) is 6.08 Å². The molecule has 2 fully saturated rings. The predicted molar refractivity (Wildman–Crippen MR) is 110 cm³/mol. The summed E-state index contributed by atoms with van der Waals surface area (Å²) in [7, 11) is 0. The number of para-hydroxylation sites is 1. The van der Waals surface area contributed by atoms with Crippen LogP contribution >= 0.6 is 0 Å². The van der Waals surface area contributed by atoms with E-state index in [0.29, 0.717) is 24.3 Å². The second kappa shape index (κ2) is 8.45. The Hall–Kier alpha value is -2.18. The van der Waals surface area contributed by atoms with Gasteiger partial charge in [0.25, 0.3) is 5.91 Å². The molecule has 1 N–H and O–H groups in total. The summed E-state index contributed by atoms with van der Waals surface area (Å²) in [6.07, 6.45) is 6.11. The number of nitrogens with zero attached hydrogens (tertiary/aromatic N) is 3. The van der Waals surface area contributed by atoms with Gasteiger partial charge in [-0.25, -0.2) is 0 Å². The third kappa shape index (κ3) is 3.71. The molecule has 2 bridgehead atoms. The van der Waals surface area contributed by atoms with Gasteiger partial charge in [-0.15, -0.1) is 6.58 Å². The highest BCUT2D eigenvalue weighted by molar-refractivity contribution is 6.05. The Balaban J connectivity index is 1.49. The van der Waals surface area contributed by atoms with Crippen molar-refractivity contribution in [3.63, 3.8) is 0 Å². The van der Waals surface area contributed by atoms with E-state index in [4.69, 9.17) is 4.74 Å². The number of aromatic nitrogens is 2. The molecule has 28 heavy (non-hydrogen) atoms. The van der Waals surface area contributed by atoms with Crippen LogP contribution in [-0.2, 0) is 11.3 Å². The molecule has 2 saturated heterocycles. The van der Waals surface area contributed by atoms with Crippen molar-refractivity contribution in [1.82, 2.24) is 20.0 Å². The molecular formula is C22H30N4O2. The van der Waals surface area contributed by atoms with Crippen LogP contribution in [0.15, 0.2) is 36.9 Å². The number of morpholine rings is 1. The average Bonchev–Trinajstić information content (AvgIpc) is 3.05. The molecule has 1 aromatic heterocycles. The van der Waals surface area contributed by atoms with Crippen molar-refractivity contribution in [2.45, 2.75) is 57.3 Å². The van der Waals surface area contributed by atoms with E-state index in [-0.39, 0.29) is 11.9 Å². The second-order valence-corrected chi connectivity index (χ2v) is 7.91. The van der Waals surface area contributed by atoms with Crippen LogP contribution in [0.3, 0.4) is 0 Å². The minimum atomic E-state index is -0.0787. The first-order valence-electron chi connectivity index (χ1n) is 10.4. The molecule has 0 saturated carbocycles. The lowest BCUT2D eigenvalue weighted by Gasteiger charge is -2.48. The van der Waals surface area contributed by atoms with E-state index < -0.39 is 0 Å². The number of carbonyl (C=O) groups excluding carboxylic acids is 1. The number of piperidine rings is 1. The fourth-order valence-corrected chi connectivity index (χ4v) is 4.62. The molecule has 1 aromatic carbocycles. The molecule has 0 aliphatic carbocycles. The Morgan fingerprint density at radius 2 is 2.07 bits per heavy atom. The maximum absolute atomic E-state index is 13.1. The monoisotopic (exact) mass is 382 g/mol. The van der Waals surface area contributed by atoms with E-state index in [0.717, 1.165) is 43.5 Å². The number of fused-ring (bicyclic) bond motifs is 3. The SMILES string of the molecule is C=CCn1nc(C(=O)N[C@H]2C[C@H]3COC[C@@H](C2)N3CCCC)c2ccccc21. The first kappa shape index (κ1) is 19.2. The first-order valence-corrected chi connectivity index (χ1v) is 10.4. The van der Waals surface area contributed by atoms with Gasteiger partial charge in [-0.3, -0.25) is 14.4 Å². The summed E-state index contributed by atoms with van der Waals surface area (Å²) in [5, 5.41) is 8.73. The number of nitrogens with one attached hydrogen (secondary N) is 1. The van der Waals surface area contributed by atoms with E-state index in [1.807, 2.05) is 28.9 Å². The van der Waals surface area contributed by atoms with Crippen molar-refractivity contribution < 1.29 is 9.53 Å². The average molecular weight is 383 g/mol. The number of benzene rings is 1. The highest BCUT2D eigenvalue weighted by atomic mass is 16.5. The summed E-state index contributed by atoms with van der Waals surface area (Å²) in [6, 6.07) is 8.86. The van der Waals surface area contributed by atoms with Crippen LogP contribution in [0.1, 0.15) is 43.1 Å². The maximum Gasteiger partial charge on any atom is 0.272 e. The molecule has 2 aliphatic heterocycles. The van der Waals surface area contributed by atoms with E-state index >= 15 is 0 Å². The summed E-state index contributed by atoms with van der Waals surface area (Å²) < 4.78 is 7.63. The maximum atomic E-state index is 13.1. The van der Waals surface area contributed by atoms with E-state index in [1.165, 1.54) is 12.8 Å². The quantitative estimate of drug-likeness (QED) is 0.748. The largest absolute Gasteiger partial charge is 0.378 e. The highest BCUT2D eigenvalue weighted by Crippen LogP contribution is 2.28. The summed E-state index contributed by atoms with van der Waals surface area (Å²) in [4.78, 5) is 15.7. The summed E-state index contributed by atoms with van der Waals surface area (Å²) in [6.45, 7) is 9.28. The Kier molecular flexibility index (Phi) is 5.78. The Morgan fingerprint density at radius 1 is 1.32 bits per heavy atom. The standard InChI is InChI=1S/C22H30N4O2/c1-3-5-11-25-17-12-16(13-18(25)15-28-14-17)23-22(27)21-19-8-6-7-9-20(19)26(24-21)10-4-2/h4,6-9,16-18H,2-3,5,10-15H2,1H3,(H,23,27)/t16-,17-,18+. The third-order valence-corrected chi connectivity index (χ3v) is 5.95. The number of rotatable bonds is 7. The van der Waals surface area contributed by atoms with E-state index in [9.17, 15) is 4.79 Å². The van der Waals surface area contributed by atoms with Gasteiger partial charge in [0.05, 0.1) is 25.3 Å². The molecule has 6 nitrogen and oxygen atoms in total. The molecule has 0 radical (unpaired) electrons. The number of unbranched alkanes of at least 4 members (excludes halogenated alkanes) is 1. The molecule has 2 aliphatic rings. The van der Waals surface area contributed by atoms with Gasteiger partial charge in [-0.2, -0.15) is 5.10 Å². The summed E-state index contributed by atoms with van der Waals surface area (Å²) in [5.74, 6) is -0.0787. The molecule has 6 heteroatoms. The first-order chi connectivity index (χ1) is 13.7. The Bertz CT molecular complexity index is 832. The molecule has 150 valence electrons. The topological polar surface area (TPSA) is 59.4 Å². The fraction of sp³-hybridized carbons (Fsp3) is 0.545.